The minimum absolute atomic E-state index is 0.148. The lowest BCUT2D eigenvalue weighted by molar-refractivity contribution is -0.111. The average molecular weight is 302 g/mol. The largest absolute Gasteiger partial charge is 0.321 e. The topological polar surface area (TPSA) is 75.3 Å². The van der Waals surface area contributed by atoms with E-state index in [0.717, 1.165) is 6.08 Å². The van der Waals surface area contributed by atoms with Crippen molar-refractivity contribution in [3.05, 3.63) is 67.3 Å². The third kappa shape index (κ3) is 3.70. The maximum Gasteiger partial charge on any atom is 0.261 e. The highest BCUT2D eigenvalue weighted by Gasteiger charge is 2.15. The van der Waals surface area contributed by atoms with Gasteiger partial charge in [-0.05, 0) is 30.3 Å². The number of nitrogens with one attached hydrogen (secondary N) is 2. The van der Waals surface area contributed by atoms with Crippen LogP contribution < -0.4 is 10.0 Å². The molecule has 2 aromatic carbocycles. The minimum atomic E-state index is -3.71. The Morgan fingerprint density at radius 3 is 2.14 bits per heavy atom. The molecule has 0 spiro atoms. The quantitative estimate of drug-likeness (QED) is 0.834. The highest BCUT2D eigenvalue weighted by atomic mass is 32.2. The molecule has 0 bridgehead atoms. The number of sulfonamides is 1. The molecule has 0 aliphatic heterocycles. The summed E-state index contributed by atoms with van der Waals surface area (Å²) in [6, 6.07) is 14.5. The van der Waals surface area contributed by atoms with Gasteiger partial charge in [0.05, 0.1) is 16.3 Å². The molecule has 0 heterocycles. The number of amides is 1. The van der Waals surface area contributed by atoms with Crippen LogP contribution in [-0.2, 0) is 14.8 Å². The Labute approximate surface area is 123 Å². The van der Waals surface area contributed by atoms with Gasteiger partial charge in [0.15, 0.2) is 0 Å². The number of anilines is 2. The zero-order chi connectivity index (χ0) is 15.3. The van der Waals surface area contributed by atoms with Gasteiger partial charge in [-0.2, -0.15) is 0 Å². The van der Waals surface area contributed by atoms with Gasteiger partial charge >= 0.3 is 0 Å². The van der Waals surface area contributed by atoms with E-state index in [1.165, 1.54) is 12.1 Å². The Bertz CT molecular complexity index is 755. The predicted molar refractivity (Wildman–Crippen MR) is 82.5 cm³/mol. The highest BCUT2D eigenvalue weighted by Crippen LogP contribution is 2.24. The van der Waals surface area contributed by atoms with Crippen molar-refractivity contribution < 1.29 is 13.2 Å². The van der Waals surface area contributed by atoms with Crippen LogP contribution in [0.1, 0.15) is 0 Å². The number of benzene rings is 2. The summed E-state index contributed by atoms with van der Waals surface area (Å²) < 4.78 is 27.0. The Balaban J connectivity index is 2.32. The van der Waals surface area contributed by atoms with Crippen LogP contribution in [0, 0.1) is 0 Å². The van der Waals surface area contributed by atoms with Gasteiger partial charge in [0.1, 0.15) is 0 Å². The predicted octanol–water partition coefficient (Wildman–Crippen LogP) is 2.61. The molecule has 0 fully saturated rings. The SMILES string of the molecule is C=CC(=O)Nc1ccccc1NS(=O)(=O)c1ccccc1. The van der Waals surface area contributed by atoms with Crippen molar-refractivity contribution in [3.8, 4) is 0 Å². The third-order valence-corrected chi connectivity index (χ3v) is 4.05. The van der Waals surface area contributed by atoms with E-state index in [2.05, 4.69) is 16.6 Å². The maximum absolute atomic E-state index is 12.3. The highest BCUT2D eigenvalue weighted by molar-refractivity contribution is 7.92. The van der Waals surface area contributed by atoms with Crippen molar-refractivity contribution in [3.63, 3.8) is 0 Å². The minimum Gasteiger partial charge on any atom is -0.321 e. The van der Waals surface area contributed by atoms with E-state index in [1.807, 2.05) is 0 Å². The van der Waals surface area contributed by atoms with Crippen molar-refractivity contribution in [1.82, 2.24) is 0 Å². The first kappa shape index (κ1) is 14.8. The standard InChI is InChI=1S/C15H14N2O3S/c1-2-15(18)16-13-10-6-7-11-14(13)17-21(19,20)12-8-4-3-5-9-12/h2-11,17H,1H2,(H,16,18). The molecule has 6 heteroatoms. The van der Waals surface area contributed by atoms with E-state index in [-0.39, 0.29) is 10.6 Å². The molecular weight excluding hydrogens is 288 g/mol. The number of rotatable bonds is 5. The fourth-order valence-corrected chi connectivity index (χ4v) is 2.77. The molecule has 0 saturated heterocycles. The average Bonchev–Trinajstić information content (AvgIpc) is 2.50. The van der Waals surface area contributed by atoms with Crippen LogP contribution >= 0.6 is 0 Å². The van der Waals surface area contributed by atoms with Crippen molar-refractivity contribution in [2.75, 3.05) is 10.0 Å². The molecule has 5 nitrogen and oxygen atoms in total. The van der Waals surface area contributed by atoms with E-state index in [9.17, 15) is 13.2 Å². The Morgan fingerprint density at radius 2 is 1.52 bits per heavy atom. The molecule has 0 aliphatic carbocycles. The van der Waals surface area contributed by atoms with Gasteiger partial charge in [0.2, 0.25) is 5.91 Å². The molecule has 0 aliphatic rings. The second-order valence-electron chi connectivity index (χ2n) is 4.16. The lowest BCUT2D eigenvalue weighted by Gasteiger charge is -2.12. The number of carbonyl (C=O) groups is 1. The monoisotopic (exact) mass is 302 g/mol. The van der Waals surface area contributed by atoms with Gasteiger partial charge in [-0.1, -0.05) is 36.9 Å². The lowest BCUT2D eigenvalue weighted by Crippen LogP contribution is -2.15. The Morgan fingerprint density at radius 1 is 0.952 bits per heavy atom. The normalized spacial score (nSPS) is 10.7. The molecule has 0 atom stereocenters. The number of carbonyl (C=O) groups excluding carboxylic acids is 1. The van der Waals surface area contributed by atoms with Crippen LogP contribution in [0.4, 0.5) is 11.4 Å². The van der Waals surface area contributed by atoms with Gasteiger partial charge in [-0.25, -0.2) is 8.42 Å². The van der Waals surface area contributed by atoms with E-state index in [4.69, 9.17) is 0 Å². The molecule has 0 saturated carbocycles. The van der Waals surface area contributed by atoms with Gasteiger partial charge in [0.25, 0.3) is 10.0 Å². The maximum atomic E-state index is 12.3. The molecule has 0 radical (unpaired) electrons. The molecule has 21 heavy (non-hydrogen) atoms. The van der Waals surface area contributed by atoms with Crippen LogP contribution in [0.25, 0.3) is 0 Å². The molecule has 2 N–H and O–H groups in total. The van der Waals surface area contributed by atoms with Crippen LogP contribution in [0.15, 0.2) is 72.1 Å². The van der Waals surface area contributed by atoms with Gasteiger partial charge < -0.3 is 5.32 Å². The third-order valence-electron chi connectivity index (χ3n) is 2.67. The molecule has 0 unspecified atom stereocenters. The lowest BCUT2D eigenvalue weighted by atomic mass is 10.2. The summed E-state index contributed by atoms with van der Waals surface area (Å²) in [4.78, 5) is 11.5. The summed E-state index contributed by atoms with van der Waals surface area (Å²) in [7, 11) is -3.71. The van der Waals surface area contributed by atoms with E-state index < -0.39 is 15.9 Å². The first-order valence-electron chi connectivity index (χ1n) is 6.13. The second kappa shape index (κ2) is 6.23. The van der Waals surface area contributed by atoms with Crippen molar-refractivity contribution in [2.45, 2.75) is 4.90 Å². The molecule has 2 aromatic rings. The van der Waals surface area contributed by atoms with E-state index in [0.29, 0.717) is 5.69 Å². The zero-order valence-electron chi connectivity index (χ0n) is 11.1. The summed E-state index contributed by atoms with van der Waals surface area (Å²) in [5.74, 6) is -0.415. The van der Waals surface area contributed by atoms with Gasteiger partial charge in [-0.15, -0.1) is 0 Å². The van der Waals surface area contributed by atoms with Crippen LogP contribution in [0.3, 0.4) is 0 Å². The molecule has 108 valence electrons. The van der Waals surface area contributed by atoms with Crippen molar-refractivity contribution in [1.29, 1.82) is 0 Å². The summed E-state index contributed by atoms with van der Waals surface area (Å²) in [5, 5.41) is 2.55. The molecule has 1 amide bonds. The smallest absolute Gasteiger partial charge is 0.261 e. The molecule has 0 aromatic heterocycles. The molecular formula is C15H14N2O3S. The first-order valence-corrected chi connectivity index (χ1v) is 7.61. The van der Waals surface area contributed by atoms with Gasteiger partial charge in [0, 0.05) is 0 Å². The summed E-state index contributed by atoms with van der Waals surface area (Å²) >= 11 is 0. The Hall–Kier alpha value is -2.60. The van der Waals surface area contributed by atoms with Crippen LogP contribution in [-0.4, -0.2) is 14.3 Å². The van der Waals surface area contributed by atoms with E-state index >= 15 is 0 Å². The van der Waals surface area contributed by atoms with E-state index in [1.54, 1.807) is 42.5 Å². The summed E-state index contributed by atoms with van der Waals surface area (Å²) in [6.45, 7) is 3.36. The first-order chi connectivity index (χ1) is 10.0. The van der Waals surface area contributed by atoms with Gasteiger partial charge in [-0.3, -0.25) is 9.52 Å². The number of para-hydroxylation sites is 2. The van der Waals surface area contributed by atoms with Crippen LogP contribution in [0.5, 0.6) is 0 Å². The number of hydrogen-bond donors (Lipinski definition) is 2. The van der Waals surface area contributed by atoms with Crippen molar-refractivity contribution >= 4 is 27.3 Å². The zero-order valence-corrected chi connectivity index (χ0v) is 11.9. The fourth-order valence-electron chi connectivity index (χ4n) is 1.67. The summed E-state index contributed by atoms with van der Waals surface area (Å²) in [6.07, 6.45) is 1.11. The second-order valence-corrected chi connectivity index (χ2v) is 5.84. The molecule has 2 rings (SSSR count). The Kier molecular flexibility index (Phi) is 4.39. The summed E-state index contributed by atoms with van der Waals surface area (Å²) in [5.41, 5.74) is 0.651. The fraction of sp³-hybridized carbons (Fsp3) is 0. The van der Waals surface area contributed by atoms with Crippen molar-refractivity contribution in [2.24, 2.45) is 0 Å². The van der Waals surface area contributed by atoms with Crippen LogP contribution in [0.2, 0.25) is 0 Å². The number of hydrogen-bond acceptors (Lipinski definition) is 3.